The van der Waals surface area contributed by atoms with Crippen LogP contribution in [-0.2, 0) is 0 Å². The third-order valence-electron chi connectivity index (χ3n) is 1.69. The third-order valence-corrected chi connectivity index (χ3v) is 1.69. The van der Waals surface area contributed by atoms with Crippen molar-refractivity contribution in [2.75, 3.05) is 13.1 Å². The second kappa shape index (κ2) is 12.0. The molecule has 0 amide bonds. The van der Waals surface area contributed by atoms with E-state index in [-0.39, 0.29) is 0 Å². The molecule has 0 bridgehead atoms. The van der Waals surface area contributed by atoms with Crippen LogP contribution in [0, 0.1) is 0 Å². The summed E-state index contributed by atoms with van der Waals surface area (Å²) in [5.41, 5.74) is 0. The van der Waals surface area contributed by atoms with E-state index in [1.54, 1.807) is 12.4 Å². The molecule has 0 unspecified atom stereocenters. The Morgan fingerprint density at radius 3 is 1.50 bits per heavy atom. The van der Waals surface area contributed by atoms with Gasteiger partial charge in [-0.15, -0.1) is 0 Å². The molecular formula is C11H21N3. The molecule has 1 aromatic rings. The van der Waals surface area contributed by atoms with Gasteiger partial charge in [-0.1, -0.05) is 20.3 Å². The van der Waals surface area contributed by atoms with Gasteiger partial charge >= 0.3 is 0 Å². The maximum atomic E-state index is 3.53. The molecule has 3 heteroatoms. The van der Waals surface area contributed by atoms with Gasteiger partial charge < -0.3 is 5.32 Å². The van der Waals surface area contributed by atoms with Crippen LogP contribution in [0.15, 0.2) is 24.5 Å². The summed E-state index contributed by atoms with van der Waals surface area (Å²) in [7, 11) is 0. The van der Waals surface area contributed by atoms with Crippen LogP contribution in [0.2, 0.25) is 0 Å². The minimum atomic E-state index is 1.25. The first-order chi connectivity index (χ1) is 7.00. The molecule has 1 aromatic heterocycles. The molecule has 0 spiro atoms. The van der Waals surface area contributed by atoms with Crippen LogP contribution < -0.4 is 5.32 Å². The molecule has 0 atom stereocenters. The van der Waals surface area contributed by atoms with Crippen LogP contribution in [0.3, 0.4) is 0 Å². The Hall–Kier alpha value is -0.960. The van der Waals surface area contributed by atoms with Crippen LogP contribution in [0.25, 0.3) is 0 Å². The molecule has 0 radical (unpaired) electrons. The van der Waals surface area contributed by atoms with Crippen molar-refractivity contribution >= 4 is 0 Å². The number of nitrogens with zero attached hydrogens (tertiary/aromatic N) is 2. The van der Waals surface area contributed by atoms with E-state index in [0.717, 1.165) is 0 Å². The van der Waals surface area contributed by atoms with Crippen molar-refractivity contribution in [2.24, 2.45) is 0 Å². The maximum absolute atomic E-state index is 3.53. The predicted octanol–water partition coefficient (Wildman–Crippen LogP) is 2.26. The van der Waals surface area contributed by atoms with Gasteiger partial charge in [-0.3, -0.25) is 0 Å². The molecule has 2 heterocycles. The zero-order valence-electron chi connectivity index (χ0n) is 9.24. The molecule has 1 aliphatic rings. The van der Waals surface area contributed by atoms with Gasteiger partial charge in [-0.25, -0.2) is 0 Å². The molecule has 3 nitrogen and oxygen atoms in total. The molecular weight excluding hydrogens is 174 g/mol. The van der Waals surface area contributed by atoms with E-state index in [2.05, 4.69) is 15.5 Å². The fourth-order valence-electron chi connectivity index (χ4n) is 1.06. The third kappa shape index (κ3) is 9.13. The topological polar surface area (TPSA) is 37.8 Å². The van der Waals surface area contributed by atoms with Gasteiger partial charge in [0.05, 0.1) is 0 Å². The SMILES string of the molecule is C1CCNCC1.CC.c1ccnnc1. The van der Waals surface area contributed by atoms with Crippen LogP contribution in [0.1, 0.15) is 33.1 Å². The van der Waals surface area contributed by atoms with Crippen molar-refractivity contribution < 1.29 is 0 Å². The minimum absolute atomic E-state index is 1.25. The Kier molecular flexibility index (Phi) is 11.2. The van der Waals surface area contributed by atoms with Crippen LogP contribution in [0.5, 0.6) is 0 Å². The average Bonchev–Trinajstić information content (AvgIpc) is 2.37. The Bertz CT molecular complexity index is 135. The molecule has 1 fully saturated rings. The molecule has 80 valence electrons. The summed E-state index contributed by atoms with van der Waals surface area (Å²) in [6.07, 6.45) is 7.49. The van der Waals surface area contributed by atoms with E-state index >= 15 is 0 Å². The first kappa shape index (κ1) is 13.0. The number of piperidine rings is 1. The lowest BCUT2D eigenvalue weighted by Gasteiger charge is -2.08. The Labute approximate surface area is 86.9 Å². The van der Waals surface area contributed by atoms with Gasteiger partial charge in [0, 0.05) is 12.4 Å². The largest absolute Gasteiger partial charge is 0.317 e. The normalized spacial score (nSPS) is 14.1. The van der Waals surface area contributed by atoms with Crippen molar-refractivity contribution in [3.63, 3.8) is 0 Å². The van der Waals surface area contributed by atoms with E-state index in [4.69, 9.17) is 0 Å². The minimum Gasteiger partial charge on any atom is -0.317 e. The number of aromatic nitrogens is 2. The highest BCUT2D eigenvalue weighted by Gasteiger charge is 1.93. The van der Waals surface area contributed by atoms with Gasteiger partial charge in [0.1, 0.15) is 0 Å². The lowest BCUT2D eigenvalue weighted by molar-refractivity contribution is 0.520. The number of hydrogen-bond donors (Lipinski definition) is 1. The van der Waals surface area contributed by atoms with Crippen LogP contribution >= 0.6 is 0 Å². The number of hydrogen-bond acceptors (Lipinski definition) is 3. The molecule has 0 aliphatic carbocycles. The summed E-state index contributed by atoms with van der Waals surface area (Å²) >= 11 is 0. The van der Waals surface area contributed by atoms with Crippen LogP contribution in [0.4, 0.5) is 0 Å². The fraction of sp³-hybridized carbons (Fsp3) is 0.636. The van der Waals surface area contributed by atoms with E-state index in [1.165, 1.54) is 32.4 Å². The van der Waals surface area contributed by atoms with E-state index in [1.807, 2.05) is 26.0 Å². The summed E-state index contributed by atoms with van der Waals surface area (Å²) < 4.78 is 0. The molecule has 0 aromatic carbocycles. The predicted molar refractivity (Wildman–Crippen MR) is 60.1 cm³/mol. The smallest absolute Gasteiger partial charge is 0.0496 e. The highest BCUT2D eigenvalue weighted by Crippen LogP contribution is 1.96. The molecule has 1 saturated heterocycles. The summed E-state index contributed by atoms with van der Waals surface area (Å²) in [5.74, 6) is 0. The van der Waals surface area contributed by atoms with E-state index in [0.29, 0.717) is 0 Å². The van der Waals surface area contributed by atoms with Crippen molar-refractivity contribution in [3.05, 3.63) is 24.5 Å². The van der Waals surface area contributed by atoms with Crippen molar-refractivity contribution in [1.29, 1.82) is 0 Å². The lowest BCUT2D eigenvalue weighted by Crippen LogP contribution is -2.21. The van der Waals surface area contributed by atoms with Gasteiger partial charge in [-0.05, 0) is 38.1 Å². The van der Waals surface area contributed by atoms with Gasteiger partial charge in [0.25, 0.3) is 0 Å². The van der Waals surface area contributed by atoms with E-state index in [9.17, 15) is 0 Å². The lowest BCUT2D eigenvalue weighted by atomic mass is 10.2. The standard InChI is InChI=1S/C5H11N.C4H4N2.C2H6/c2*1-2-4-6-5-3-1;1-2/h6H,1-5H2;1-4H;1-2H3. The summed E-state index contributed by atoms with van der Waals surface area (Å²) in [4.78, 5) is 0. The molecule has 14 heavy (non-hydrogen) atoms. The molecule has 1 aliphatic heterocycles. The quantitative estimate of drug-likeness (QED) is 0.690. The first-order valence-electron chi connectivity index (χ1n) is 5.42. The highest BCUT2D eigenvalue weighted by molar-refractivity contribution is 4.79. The van der Waals surface area contributed by atoms with Gasteiger partial charge in [0.15, 0.2) is 0 Å². The molecule has 2 rings (SSSR count). The van der Waals surface area contributed by atoms with Crippen molar-refractivity contribution in [2.45, 2.75) is 33.1 Å². The zero-order valence-corrected chi connectivity index (χ0v) is 9.24. The fourth-order valence-corrected chi connectivity index (χ4v) is 1.06. The molecule has 0 saturated carbocycles. The zero-order chi connectivity index (χ0) is 10.5. The summed E-state index contributed by atoms with van der Waals surface area (Å²) in [6.45, 7) is 6.50. The second-order valence-electron chi connectivity index (χ2n) is 2.72. The average molecular weight is 195 g/mol. The Morgan fingerprint density at radius 1 is 0.857 bits per heavy atom. The second-order valence-corrected chi connectivity index (χ2v) is 2.72. The Balaban J connectivity index is 0.000000206. The van der Waals surface area contributed by atoms with Crippen molar-refractivity contribution in [1.82, 2.24) is 15.5 Å². The maximum Gasteiger partial charge on any atom is 0.0496 e. The monoisotopic (exact) mass is 195 g/mol. The van der Waals surface area contributed by atoms with Gasteiger partial charge in [0.2, 0.25) is 0 Å². The van der Waals surface area contributed by atoms with Crippen molar-refractivity contribution in [3.8, 4) is 0 Å². The van der Waals surface area contributed by atoms with Gasteiger partial charge in [-0.2, -0.15) is 10.2 Å². The number of rotatable bonds is 0. The van der Waals surface area contributed by atoms with Crippen LogP contribution in [-0.4, -0.2) is 23.3 Å². The first-order valence-corrected chi connectivity index (χ1v) is 5.42. The Morgan fingerprint density at radius 2 is 1.36 bits per heavy atom. The summed E-state index contributed by atoms with van der Waals surface area (Å²) in [5, 5.41) is 10.4. The molecule has 1 N–H and O–H groups in total. The van der Waals surface area contributed by atoms with E-state index < -0.39 is 0 Å². The summed E-state index contributed by atoms with van der Waals surface area (Å²) in [6, 6.07) is 3.65. The number of nitrogens with one attached hydrogen (secondary N) is 1. The highest BCUT2D eigenvalue weighted by atomic mass is 15.1.